The first-order valence-corrected chi connectivity index (χ1v) is 10.7. The molecule has 1 N–H and O–H groups in total. The van der Waals surface area contributed by atoms with Crippen molar-refractivity contribution >= 4 is 29.3 Å². The molecule has 1 aromatic carbocycles. The van der Waals surface area contributed by atoms with Gasteiger partial charge in [0.1, 0.15) is 28.6 Å². The summed E-state index contributed by atoms with van der Waals surface area (Å²) in [6.07, 6.45) is 0.981. The minimum absolute atomic E-state index is 0.154. The average Bonchev–Trinajstić information content (AvgIpc) is 2.74. The fraction of sp³-hybridized carbons (Fsp3) is 0.435. The minimum atomic E-state index is -0.939. The summed E-state index contributed by atoms with van der Waals surface area (Å²) in [4.78, 5) is 31.6. The highest BCUT2D eigenvalue weighted by Gasteiger charge is 2.54. The Bertz CT molecular complexity index is 976. The molecule has 1 saturated heterocycles. The van der Waals surface area contributed by atoms with Crippen molar-refractivity contribution in [1.82, 2.24) is 9.88 Å². The van der Waals surface area contributed by atoms with E-state index in [1.54, 1.807) is 0 Å². The van der Waals surface area contributed by atoms with Crippen LogP contribution in [-0.2, 0) is 19.7 Å². The molecule has 1 aromatic heterocycles. The number of likely N-dealkylation sites (tertiary alicyclic amines) is 1. The van der Waals surface area contributed by atoms with Crippen LogP contribution in [0.3, 0.4) is 0 Å². The van der Waals surface area contributed by atoms with Crippen LogP contribution in [0.2, 0.25) is 5.15 Å². The van der Waals surface area contributed by atoms with Gasteiger partial charge in [-0.15, -0.1) is 0 Å². The van der Waals surface area contributed by atoms with Crippen LogP contribution in [0, 0.1) is 0 Å². The van der Waals surface area contributed by atoms with Gasteiger partial charge in [-0.05, 0) is 17.0 Å². The van der Waals surface area contributed by atoms with Gasteiger partial charge in [0.15, 0.2) is 0 Å². The zero-order chi connectivity index (χ0) is 23.3. The number of ether oxygens (including phenoxy) is 3. The van der Waals surface area contributed by atoms with E-state index in [0.29, 0.717) is 18.0 Å². The van der Waals surface area contributed by atoms with Crippen LogP contribution in [0.25, 0.3) is 0 Å². The van der Waals surface area contributed by atoms with Crippen molar-refractivity contribution in [3.8, 4) is 5.75 Å². The summed E-state index contributed by atoms with van der Waals surface area (Å²) >= 11 is 5.95. The summed E-state index contributed by atoms with van der Waals surface area (Å²) in [5.41, 5.74) is 1.40. The number of nitrogens with zero attached hydrogens (tertiary/aromatic N) is 2. The van der Waals surface area contributed by atoms with Crippen molar-refractivity contribution in [2.45, 2.75) is 25.2 Å². The third kappa shape index (κ3) is 4.81. The number of nitrogens with one attached hydrogen (secondary N) is 1. The number of aromatic nitrogens is 1. The number of pyridine rings is 1. The Morgan fingerprint density at radius 2 is 1.94 bits per heavy atom. The second-order valence-corrected chi connectivity index (χ2v) is 8.34. The first-order chi connectivity index (χ1) is 15.3. The Labute approximate surface area is 192 Å². The fourth-order valence-corrected chi connectivity index (χ4v) is 3.98. The Kier molecular flexibility index (Phi) is 7.58. The molecule has 2 aromatic rings. The summed E-state index contributed by atoms with van der Waals surface area (Å²) < 4.78 is 15.5. The highest BCUT2D eigenvalue weighted by molar-refractivity contribution is 6.29. The summed E-state index contributed by atoms with van der Waals surface area (Å²) in [5, 5.41) is 3.18. The number of anilines is 1. The van der Waals surface area contributed by atoms with Crippen molar-refractivity contribution in [3.63, 3.8) is 0 Å². The van der Waals surface area contributed by atoms with E-state index < -0.39 is 11.5 Å². The number of carbonyl (C=O) groups excluding carboxylic acids is 2. The van der Waals surface area contributed by atoms with Crippen LogP contribution in [-0.4, -0.2) is 62.4 Å². The topological polar surface area (TPSA) is 90.0 Å². The predicted molar refractivity (Wildman–Crippen MR) is 121 cm³/mol. The van der Waals surface area contributed by atoms with E-state index in [1.165, 1.54) is 31.4 Å². The summed E-state index contributed by atoms with van der Waals surface area (Å²) in [6, 6.07) is 9.34. The quantitative estimate of drug-likeness (QED) is 0.474. The van der Waals surface area contributed by atoms with Gasteiger partial charge in [0.25, 0.3) is 0 Å². The van der Waals surface area contributed by atoms with Crippen LogP contribution in [0.1, 0.15) is 30.9 Å². The third-order valence-corrected chi connectivity index (χ3v) is 5.73. The molecule has 172 valence electrons. The van der Waals surface area contributed by atoms with Gasteiger partial charge in [-0.2, -0.15) is 0 Å². The molecule has 1 aliphatic heterocycles. The van der Waals surface area contributed by atoms with Crippen LogP contribution in [0.15, 0.2) is 36.5 Å². The molecule has 2 heterocycles. The predicted octanol–water partition coefficient (Wildman–Crippen LogP) is 3.84. The number of carbonyl (C=O) groups is 2. The second-order valence-electron chi connectivity index (χ2n) is 7.95. The highest BCUT2D eigenvalue weighted by Crippen LogP contribution is 2.40. The summed E-state index contributed by atoms with van der Waals surface area (Å²) in [6.45, 7) is 5.00. The van der Waals surface area contributed by atoms with Gasteiger partial charge in [0.05, 0.1) is 19.9 Å². The molecule has 0 radical (unpaired) electrons. The van der Waals surface area contributed by atoms with E-state index in [4.69, 9.17) is 25.8 Å². The number of amides is 2. The van der Waals surface area contributed by atoms with Crippen molar-refractivity contribution < 1.29 is 23.8 Å². The van der Waals surface area contributed by atoms with Crippen LogP contribution in [0.4, 0.5) is 10.5 Å². The standard InChI is InChI=1S/C23H28ClN3O5/c1-15(2)16-7-5-6-8-17(16)23(13-27(14-23)22(29)32-10-9-30-3)21(28)26-18-12-25-20(24)11-19(18)31-4/h5-8,11-12,15H,9-10,13-14H2,1-4H3,(H,26,28). The lowest BCUT2D eigenvalue weighted by atomic mass is 9.70. The van der Waals surface area contributed by atoms with Crippen LogP contribution < -0.4 is 10.1 Å². The minimum Gasteiger partial charge on any atom is -0.494 e. The van der Waals surface area contributed by atoms with Crippen LogP contribution in [0.5, 0.6) is 5.75 Å². The Morgan fingerprint density at radius 1 is 1.22 bits per heavy atom. The fourth-order valence-electron chi connectivity index (χ4n) is 3.83. The van der Waals surface area contributed by atoms with Crippen molar-refractivity contribution in [2.24, 2.45) is 0 Å². The molecule has 0 unspecified atom stereocenters. The first-order valence-electron chi connectivity index (χ1n) is 10.3. The van der Waals surface area contributed by atoms with Gasteiger partial charge < -0.3 is 24.4 Å². The van der Waals surface area contributed by atoms with Gasteiger partial charge >= 0.3 is 6.09 Å². The molecule has 0 spiro atoms. The summed E-state index contributed by atoms with van der Waals surface area (Å²) in [5.74, 6) is 0.347. The van der Waals surface area contributed by atoms with E-state index in [0.717, 1.165) is 11.1 Å². The monoisotopic (exact) mass is 461 g/mol. The molecular formula is C23H28ClN3O5. The van der Waals surface area contributed by atoms with Gasteiger partial charge in [0, 0.05) is 26.3 Å². The Hall–Kier alpha value is -2.84. The van der Waals surface area contributed by atoms with E-state index in [-0.39, 0.29) is 36.7 Å². The smallest absolute Gasteiger partial charge is 0.409 e. The Balaban J connectivity index is 1.91. The van der Waals surface area contributed by atoms with E-state index in [1.807, 2.05) is 24.3 Å². The average molecular weight is 462 g/mol. The molecule has 0 atom stereocenters. The number of benzene rings is 1. The third-order valence-electron chi connectivity index (χ3n) is 5.53. The number of rotatable bonds is 8. The molecule has 8 nitrogen and oxygen atoms in total. The normalized spacial score (nSPS) is 14.6. The lowest BCUT2D eigenvalue weighted by Crippen LogP contribution is -2.66. The van der Waals surface area contributed by atoms with E-state index in [2.05, 4.69) is 24.1 Å². The van der Waals surface area contributed by atoms with Gasteiger partial charge in [-0.3, -0.25) is 4.79 Å². The maximum atomic E-state index is 13.6. The zero-order valence-electron chi connectivity index (χ0n) is 18.7. The lowest BCUT2D eigenvalue weighted by molar-refractivity contribution is -0.127. The molecule has 1 aliphatic rings. The molecule has 2 amide bonds. The SMILES string of the molecule is COCCOC(=O)N1CC(C(=O)Nc2cnc(Cl)cc2OC)(c2ccccc2C(C)C)C1. The van der Waals surface area contributed by atoms with Crippen molar-refractivity contribution in [2.75, 3.05) is 45.8 Å². The van der Waals surface area contributed by atoms with E-state index >= 15 is 0 Å². The Morgan fingerprint density at radius 3 is 2.59 bits per heavy atom. The second kappa shape index (κ2) is 10.2. The number of methoxy groups -OCH3 is 2. The van der Waals surface area contributed by atoms with Crippen LogP contribution >= 0.6 is 11.6 Å². The van der Waals surface area contributed by atoms with E-state index in [9.17, 15) is 9.59 Å². The molecular weight excluding hydrogens is 434 g/mol. The number of hydrogen-bond acceptors (Lipinski definition) is 6. The largest absolute Gasteiger partial charge is 0.494 e. The maximum absolute atomic E-state index is 13.6. The highest BCUT2D eigenvalue weighted by atomic mass is 35.5. The maximum Gasteiger partial charge on any atom is 0.409 e. The number of hydrogen-bond donors (Lipinski definition) is 1. The van der Waals surface area contributed by atoms with Gasteiger partial charge in [-0.25, -0.2) is 9.78 Å². The molecule has 0 saturated carbocycles. The lowest BCUT2D eigenvalue weighted by Gasteiger charge is -2.49. The molecule has 9 heteroatoms. The number of halogens is 1. The molecule has 32 heavy (non-hydrogen) atoms. The van der Waals surface area contributed by atoms with Gasteiger partial charge in [-0.1, -0.05) is 49.7 Å². The molecule has 0 bridgehead atoms. The molecule has 0 aliphatic carbocycles. The van der Waals surface area contributed by atoms with Gasteiger partial charge in [0.2, 0.25) is 5.91 Å². The first kappa shape index (κ1) is 23.8. The molecule has 3 rings (SSSR count). The molecule has 1 fully saturated rings. The summed E-state index contributed by atoms with van der Waals surface area (Å²) in [7, 11) is 3.03. The zero-order valence-corrected chi connectivity index (χ0v) is 19.4. The van der Waals surface area contributed by atoms with Crippen molar-refractivity contribution in [1.29, 1.82) is 0 Å². The van der Waals surface area contributed by atoms with Crippen molar-refractivity contribution in [3.05, 3.63) is 52.8 Å².